The summed E-state index contributed by atoms with van der Waals surface area (Å²) >= 11 is 1.55. The molecule has 1 aliphatic rings. The third-order valence-corrected chi connectivity index (χ3v) is 5.82. The highest BCUT2D eigenvalue weighted by Gasteiger charge is 2.27. The maximum Gasteiger partial charge on any atom is 0.338 e. The van der Waals surface area contributed by atoms with Crippen molar-refractivity contribution in [2.75, 3.05) is 18.6 Å². The van der Waals surface area contributed by atoms with Gasteiger partial charge < -0.3 is 9.64 Å². The Bertz CT molecular complexity index is 1040. The molecular formula is C23H20N2O3S. The fraction of sp³-hybridized carbons (Fsp3) is 0.174. The molecule has 1 amide bonds. The van der Waals surface area contributed by atoms with Gasteiger partial charge in [0.15, 0.2) is 0 Å². The predicted molar refractivity (Wildman–Crippen MR) is 113 cm³/mol. The van der Waals surface area contributed by atoms with Crippen LogP contribution >= 0.6 is 11.8 Å². The summed E-state index contributed by atoms with van der Waals surface area (Å²) in [7, 11) is 1.37. The maximum absolute atomic E-state index is 13.2. The van der Waals surface area contributed by atoms with Crippen LogP contribution in [0.1, 0.15) is 32.7 Å². The molecule has 2 heterocycles. The van der Waals surface area contributed by atoms with Gasteiger partial charge in [0.25, 0.3) is 5.91 Å². The second-order valence-electron chi connectivity index (χ2n) is 6.65. The van der Waals surface area contributed by atoms with Crippen LogP contribution in [0, 0.1) is 0 Å². The molecule has 0 bridgehead atoms. The monoisotopic (exact) mass is 404 g/mol. The number of rotatable bonds is 4. The molecule has 1 aromatic heterocycles. The van der Waals surface area contributed by atoms with E-state index in [0.717, 1.165) is 34.0 Å². The SMILES string of the molecule is COC(=O)c1cccc2c1CCCN2C(=O)c1ccc(Sc2ccccn2)cc1. The minimum atomic E-state index is -0.368. The lowest BCUT2D eigenvalue weighted by Crippen LogP contribution is -2.36. The molecule has 1 aliphatic heterocycles. The van der Waals surface area contributed by atoms with Gasteiger partial charge in [0.2, 0.25) is 0 Å². The first-order valence-electron chi connectivity index (χ1n) is 9.38. The van der Waals surface area contributed by atoms with Gasteiger partial charge in [0.05, 0.1) is 12.7 Å². The maximum atomic E-state index is 13.2. The molecule has 0 saturated carbocycles. The van der Waals surface area contributed by atoms with Crippen LogP contribution in [-0.4, -0.2) is 30.5 Å². The Morgan fingerprint density at radius 1 is 1.03 bits per heavy atom. The number of aromatic nitrogens is 1. The van der Waals surface area contributed by atoms with E-state index in [9.17, 15) is 9.59 Å². The summed E-state index contributed by atoms with van der Waals surface area (Å²) in [4.78, 5) is 32.3. The first-order chi connectivity index (χ1) is 14.2. The van der Waals surface area contributed by atoms with Gasteiger partial charge in [0, 0.05) is 28.9 Å². The quantitative estimate of drug-likeness (QED) is 0.594. The number of esters is 1. The van der Waals surface area contributed by atoms with E-state index in [0.29, 0.717) is 17.7 Å². The summed E-state index contributed by atoms with van der Waals surface area (Å²) in [5.74, 6) is -0.436. The largest absolute Gasteiger partial charge is 0.465 e. The van der Waals surface area contributed by atoms with E-state index < -0.39 is 0 Å². The highest BCUT2D eigenvalue weighted by molar-refractivity contribution is 7.99. The second-order valence-corrected chi connectivity index (χ2v) is 7.74. The smallest absolute Gasteiger partial charge is 0.338 e. The first-order valence-corrected chi connectivity index (χ1v) is 10.2. The minimum Gasteiger partial charge on any atom is -0.465 e. The van der Waals surface area contributed by atoms with E-state index in [1.54, 1.807) is 35.0 Å². The summed E-state index contributed by atoms with van der Waals surface area (Å²) < 4.78 is 4.89. The van der Waals surface area contributed by atoms with E-state index in [1.165, 1.54) is 7.11 Å². The molecule has 5 nitrogen and oxygen atoms in total. The summed E-state index contributed by atoms with van der Waals surface area (Å²) in [6, 6.07) is 18.8. The highest BCUT2D eigenvalue weighted by atomic mass is 32.2. The number of ether oxygens (including phenoxy) is 1. The fourth-order valence-electron chi connectivity index (χ4n) is 3.49. The molecule has 3 aromatic rings. The highest BCUT2D eigenvalue weighted by Crippen LogP contribution is 2.32. The standard InChI is InChI=1S/C23H20N2O3S/c1-28-23(27)19-6-4-8-20-18(19)7-5-15-25(20)22(26)16-10-12-17(13-11-16)29-21-9-2-3-14-24-21/h2-4,6,8-14H,5,7,15H2,1H3. The number of hydrogen-bond donors (Lipinski definition) is 0. The Labute approximate surface area is 173 Å². The van der Waals surface area contributed by atoms with Crippen molar-refractivity contribution in [2.45, 2.75) is 22.8 Å². The number of pyridine rings is 1. The van der Waals surface area contributed by atoms with Gasteiger partial charge in [-0.2, -0.15) is 0 Å². The Morgan fingerprint density at radius 2 is 1.86 bits per heavy atom. The van der Waals surface area contributed by atoms with Crippen LogP contribution in [0.15, 0.2) is 76.8 Å². The van der Waals surface area contributed by atoms with Crippen molar-refractivity contribution >= 4 is 29.3 Å². The number of anilines is 1. The predicted octanol–water partition coefficient (Wildman–Crippen LogP) is 4.61. The van der Waals surface area contributed by atoms with Gasteiger partial charge in [0.1, 0.15) is 5.03 Å². The van der Waals surface area contributed by atoms with Crippen LogP contribution < -0.4 is 4.90 Å². The van der Waals surface area contributed by atoms with Gasteiger partial charge in [-0.3, -0.25) is 4.79 Å². The zero-order chi connectivity index (χ0) is 20.2. The van der Waals surface area contributed by atoms with Gasteiger partial charge in [-0.05, 0) is 66.9 Å². The molecule has 0 fully saturated rings. The number of amides is 1. The summed E-state index contributed by atoms with van der Waals surface area (Å²) in [5.41, 5.74) is 2.81. The fourth-order valence-corrected chi connectivity index (χ4v) is 4.26. The number of fused-ring (bicyclic) bond motifs is 1. The molecule has 6 heteroatoms. The van der Waals surface area contributed by atoms with Crippen LogP contribution in [0.2, 0.25) is 0 Å². The van der Waals surface area contributed by atoms with E-state index in [-0.39, 0.29) is 11.9 Å². The first kappa shape index (κ1) is 19.2. The van der Waals surface area contributed by atoms with Crippen LogP contribution in [0.3, 0.4) is 0 Å². The summed E-state index contributed by atoms with van der Waals surface area (Å²) in [5, 5.41) is 0.909. The van der Waals surface area contributed by atoms with Gasteiger partial charge >= 0.3 is 5.97 Å². The van der Waals surface area contributed by atoms with Crippen molar-refractivity contribution in [1.82, 2.24) is 4.98 Å². The molecule has 0 atom stereocenters. The third-order valence-electron chi connectivity index (χ3n) is 4.86. The normalized spacial score (nSPS) is 12.9. The van der Waals surface area contributed by atoms with Crippen LogP contribution in [0.5, 0.6) is 0 Å². The second kappa shape index (κ2) is 8.49. The molecule has 0 spiro atoms. The van der Waals surface area contributed by atoms with Crippen molar-refractivity contribution in [2.24, 2.45) is 0 Å². The molecule has 146 valence electrons. The Balaban J connectivity index is 1.57. The van der Waals surface area contributed by atoms with Crippen LogP contribution in [0.25, 0.3) is 0 Å². The van der Waals surface area contributed by atoms with Crippen LogP contribution in [0.4, 0.5) is 5.69 Å². The van der Waals surface area contributed by atoms with E-state index in [2.05, 4.69) is 4.98 Å². The van der Waals surface area contributed by atoms with Gasteiger partial charge in [-0.15, -0.1) is 0 Å². The molecule has 0 saturated heterocycles. The number of hydrogen-bond acceptors (Lipinski definition) is 5. The van der Waals surface area contributed by atoms with Crippen molar-refractivity contribution in [3.05, 3.63) is 83.6 Å². The molecule has 0 aliphatic carbocycles. The van der Waals surface area contributed by atoms with Crippen molar-refractivity contribution in [1.29, 1.82) is 0 Å². The Kier molecular flexibility index (Phi) is 5.62. The number of carbonyl (C=O) groups excluding carboxylic acids is 2. The zero-order valence-corrected chi connectivity index (χ0v) is 16.8. The van der Waals surface area contributed by atoms with Crippen molar-refractivity contribution < 1.29 is 14.3 Å². The van der Waals surface area contributed by atoms with Crippen molar-refractivity contribution in [3.63, 3.8) is 0 Å². The van der Waals surface area contributed by atoms with E-state index in [4.69, 9.17) is 4.74 Å². The number of nitrogens with zero attached hydrogens (tertiary/aromatic N) is 2. The summed E-state index contributed by atoms with van der Waals surface area (Å²) in [6.07, 6.45) is 3.32. The minimum absolute atomic E-state index is 0.0673. The van der Waals surface area contributed by atoms with Crippen molar-refractivity contribution in [3.8, 4) is 0 Å². The lowest BCUT2D eigenvalue weighted by Gasteiger charge is -2.30. The number of methoxy groups -OCH3 is 1. The Hall–Kier alpha value is -3.12. The van der Waals surface area contributed by atoms with Gasteiger partial charge in [-0.1, -0.05) is 23.9 Å². The number of carbonyl (C=O) groups is 2. The van der Waals surface area contributed by atoms with E-state index in [1.807, 2.05) is 48.5 Å². The molecule has 2 aromatic carbocycles. The summed E-state index contributed by atoms with van der Waals surface area (Å²) in [6.45, 7) is 0.626. The zero-order valence-electron chi connectivity index (χ0n) is 16.0. The molecule has 0 N–H and O–H groups in total. The molecule has 0 radical (unpaired) electrons. The third kappa shape index (κ3) is 4.03. The molecule has 29 heavy (non-hydrogen) atoms. The molecule has 0 unspecified atom stereocenters. The lowest BCUT2D eigenvalue weighted by atomic mass is 9.95. The van der Waals surface area contributed by atoms with E-state index >= 15 is 0 Å². The van der Waals surface area contributed by atoms with Crippen LogP contribution in [-0.2, 0) is 11.2 Å². The Morgan fingerprint density at radius 3 is 2.59 bits per heavy atom. The topological polar surface area (TPSA) is 59.5 Å². The average molecular weight is 404 g/mol. The average Bonchev–Trinajstić information content (AvgIpc) is 2.78. The van der Waals surface area contributed by atoms with Gasteiger partial charge in [-0.25, -0.2) is 9.78 Å². The number of benzene rings is 2. The molecule has 4 rings (SSSR count). The lowest BCUT2D eigenvalue weighted by molar-refractivity contribution is 0.0599. The molecular weight excluding hydrogens is 384 g/mol.